The average Bonchev–Trinajstić information content (AvgIpc) is 0. The zero-order valence-electron chi connectivity index (χ0n) is 4.65. The van der Waals surface area contributed by atoms with Crippen LogP contribution in [0.5, 0.6) is 0 Å². The quantitative estimate of drug-likeness (QED) is 0.381. The van der Waals surface area contributed by atoms with Crippen molar-refractivity contribution < 1.29 is 118 Å². The van der Waals surface area contributed by atoms with Crippen LogP contribution in [0.1, 0.15) is 0 Å². The van der Waals surface area contributed by atoms with E-state index in [0.717, 1.165) is 0 Å². The summed E-state index contributed by atoms with van der Waals surface area (Å²) in [7, 11) is 0. The smallest absolute Gasteiger partial charge is 1.00 e. The van der Waals surface area contributed by atoms with Gasteiger partial charge in [0, 0.05) is 0 Å². The van der Waals surface area contributed by atoms with E-state index in [4.69, 9.17) is 0 Å². The SMILES string of the molecule is O.O.O.O.[Cl-].[Cl-].[Cl-].[Cl-].[Cl-].[Mn+2].[Mn+3]. The summed E-state index contributed by atoms with van der Waals surface area (Å²) in [5.41, 5.74) is 0. The van der Waals surface area contributed by atoms with Crippen LogP contribution in [-0.2, 0) is 34.1 Å². The summed E-state index contributed by atoms with van der Waals surface area (Å²) >= 11 is 0. The molecule has 0 spiro atoms. The first-order chi connectivity index (χ1) is 0. The molecule has 0 aliphatic rings. The van der Waals surface area contributed by atoms with E-state index in [2.05, 4.69) is 0 Å². The third kappa shape index (κ3) is 243. The molecule has 11 heteroatoms. The van der Waals surface area contributed by atoms with Gasteiger partial charge in [-0.2, -0.15) is 0 Å². The summed E-state index contributed by atoms with van der Waals surface area (Å²) in [4.78, 5) is 0. The molecule has 0 saturated heterocycles. The molecule has 0 aromatic rings. The second kappa shape index (κ2) is 292. The molecule has 0 amide bonds. The van der Waals surface area contributed by atoms with E-state index in [1.165, 1.54) is 0 Å². The van der Waals surface area contributed by atoms with E-state index in [1.54, 1.807) is 0 Å². The fourth-order valence-electron chi connectivity index (χ4n) is 0. The van der Waals surface area contributed by atoms with Gasteiger partial charge >= 0.3 is 34.1 Å². The first kappa shape index (κ1) is 374. The summed E-state index contributed by atoms with van der Waals surface area (Å²) in [6.07, 6.45) is 0. The maximum atomic E-state index is 0. The van der Waals surface area contributed by atoms with Gasteiger partial charge in [0.1, 0.15) is 0 Å². The Bertz CT molecular complexity index is 16.4. The minimum Gasteiger partial charge on any atom is -1.00 e. The Balaban J connectivity index is 0. The monoisotopic (exact) mass is 357 g/mol. The molecule has 0 atom stereocenters. The van der Waals surface area contributed by atoms with Crippen LogP contribution >= 0.6 is 0 Å². The topological polar surface area (TPSA) is 126 Å². The minimum atomic E-state index is 0. The number of halogens is 5. The van der Waals surface area contributed by atoms with Gasteiger partial charge in [-0.1, -0.05) is 0 Å². The summed E-state index contributed by atoms with van der Waals surface area (Å²) in [5, 5.41) is 0. The zero-order chi connectivity index (χ0) is 0. The van der Waals surface area contributed by atoms with Gasteiger partial charge in [-0.05, 0) is 0 Å². The molecule has 0 saturated carbocycles. The van der Waals surface area contributed by atoms with E-state index < -0.39 is 0 Å². The van der Waals surface area contributed by atoms with Crippen molar-refractivity contribution in [1.82, 2.24) is 0 Å². The molecule has 8 N–H and O–H groups in total. The molecule has 1 radical (unpaired) electrons. The zero-order valence-corrected chi connectivity index (χ0v) is 10.8. The van der Waals surface area contributed by atoms with E-state index >= 15 is 0 Å². The van der Waals surface area contributed by atoms with Crippen molar-refractivity contribution in [2.45, 2.75) is 0 Å². The van der Waals surface area contributed by atoms with Crippen LogP contribution < -0.4 is 62.0 Å². The first-order valence-electron chi connectivity index (χ1n) is 0. The number of hydrogen-bond donors (Lipinski definition) is 0. The predicted molar refractivity (Wildman–Crippen MR) is 14.5 cm³/mol. The van der Waals surface area contributed by atoms with Crippen LogP contribution in [0.15, 0.2) is 0 Å². The van der Waals surface area contributed by atoms with Crippen LogP contribution in [0.4, 0.5) is 0 Å². The molecule has 0 bridgehead atoms. The Kier molecular flexibility index (Phi) is 9910. The fourth-order valence-corrected chi connectivity index (χ4v) is 0. The van der Waals surface area contributed by atoms with Crippen LogP contribution in [0.3, 0.4) is 0 Å². The molecular weight excluding hydrogens is 351 g/mol. The van der Waals surface area contributed by atoms with Gasteiger partial charge in [0.25, 0.3) is 0 Å². The predicted octanol–water partition coefficient (Wildman–Crippen LogP) is -18.3. The summed E-state index contributed by atoms with van der Waals surface area (Å²) in [6, 6.07) is 0. The molecule has 0 unspecified atom stereocenters. The summed E-state index contributed by atoms with van der Waals surface area (Å²) < 4.78 is 0. The van der Waals surface area contributed by atoms with Crippen molar-refractivity contribution in [1.29, 1.82) is 0 Å². The van der Waals surface area contributed by atoms with Gasteiger partial charge in [-0.15, -0.1) is 0 Å². The van der Waals surface area contributed by atoms with Crippen molar-refractivity contribution in [2.24, 2.45) is 0 Å². The third-order valence-corrected chi connectivity index (χ3v) is 0. The minimum absolute atomic E-state index is 0. The van der Waals surface area contributed by atoms with Crippen molar-refractivity contribution in [3.63, 3.8) is 0 Å². The van der Waals surface area contributed by atoms with E-state index in [1.807, 2.05) is 0 Å². The van der Waals surface area contributed by atoms with Gasteiger partial charge < -0.3 is 83.9 Å². The summed E-state index contributed by atoms with van der Waals surface area (Å²) in [5.74, 6) is 0. The second-order valence-corrected chi connectivity index (χ2v) is 0. The van der Waals surface area contributed by atoms with Gasteiger partial charge in [0.05, 0.1) is 0 Å². The van der Waals surface area contributed by atoms with E-state index in [0.29, 0.717) is 0 Å². The Morgan fingerprint density at radius 2 is 0.364 bits per heavy atom. The van der Waals surface area contributed by atoms with Crippen molar-refractivity contribution in [2.75, 3.05) is 0 Å². The van der Waals surface area contributed by atoms with Gasteiger partial charge in [-0.3, -0.25) is 0 Å². The van der Waals surface area contributed by atoms with Crippen molar-refractivity contribution in [3.8, 4) is 0 Å². The van der Waals surface area contributed by atoms with E-state index in [9.17, 15) is 0 Å². The van der Waals surface area contributed by atoms with E-state index in [-0.39, 0.29) is 118 Å². The second-order valence-electron chi connectivity index (χ2n) is 0. The van der Waals surface area contributed by atoms with Gasteiger partial charge in [-0.25, -0.2) is 0 Å². The molecule has 0 rings (SSSR count). The van der Waals surface area contributed by atoms with Gasteiger partial charge in [0.2, 0.25) is 0 Å². The molecule has 0 aromatic carbocycles. The Morgan fingerprint density at radius 3 is 0.364 bits per heavy atom. The largest absolute Gasteiger partial charge is 3.00 e. The first-order valence-corrected chi connectivity index (χ1v) is 0. The molecule has 0 aliphatic carbocycles. The molecule has 4 nitrogen and oxygen atoms in total. The van der Waals surface area contributed by atoms with Crippen LogP contribution in [-0.4, -0.2) is 21.9 Å². The fraction of sp³-hybridized carbons (Fsp3) is 0. The maximum Gasteiger partial charge on any atom is 3.00 e. The van der Waals surface area contributed by atoms with Crippen molar-refractivity contribution in [3.05, 3.63) is 0 Å². The molecule has 0 aliphatic heterocycles. The Labute approximate surface area is 117 Å². The number of hydrogen-bond acceptors (Lipinski definition) is 0. The maximum absolute atomic E-state index is 0. The summed E-state index contributed by atoms with van der Waals surface area (Å²) in [6.45, 7) is 0. The van der Waals surface area contributed by atoms with Crippen molar-refractivity contribution >= 4 is 0 Å². The molecule has 11 heavy (non-hydrogen) atoms. The molecular formula is H8Cl5Mn2O4. The van der Waals surface area contributed by atoms with Crippen LogP contribution in [0, 0.1) is 0 Å². The third-order valence-electron chi connectivity index (χ3n) is 0. The van der Waals surface area contributed by atoms with Crippen LogP contribution in [0.2, 0.25) is 0 Å². The molecule has 0 heterocycles. The number of rotatable bonds is 0. The Morgan fingerprint density at radius 1 is 0.364 bits per heavy atom. The van der Waals surface area contributed by atoms with Gasteiger partial charge in [0.15, 0.2) is 0 Å². The Hall–Kier alpha value is 2.33. The molecule has 81 valence electrons. The van der Waals surface area contributed by atoms with Crippen LogP contribution in [0.25, 0.3) is 0 Å². The standard InChI is InChI=1S/5ClH.2Mn.4H2O/h5*1H;;;4*1H2/q;;;;;+2;+3;;;;/p-5. The molecule has 0 aromatic heterocycles. The molecule has 0 fully saturated rings. The normalized spacial score (nSPS) is 0. The average molecular weight is 359 g/mol.